The minimum absolute atomic E-state index is 0.0901. The molecule has 1 saturated heterocycles. The molecular weight excluding hydrogens is 412 g/mol. The summed E-state index contributed by atoms with van der Waals surface area (Å²) in [6.45, 7) is 1.98. The molecule has 0 spiro atoms. The van der Waals surface area contributed by atoms with Crippen LogP contribution in [0.1, 0.15) is 18.4 Å². The number of carbonyl (C=O) groups excluding carboxylic acids is 1. The summed E-state index contributed by atoms with van der Waals surface area (Å²) in [5, 5.41) is 15.5. The van der Waals surface area contributed by atoms with Crippen LogP contribution in [0.3, 0.4) is 0 Å². The van der Waals surface area contributed by atoms with E-state index in [2.05, 4.69) is 31.6 Å². The van der Waals surface area contributed by atoms with Gasteiger partial charge in [-0.2, -0.15) is 5.26 Å². The fraction of sp³-hybridized carbons (Fsp3) is 0.217. The number of halogens is 1. The number of hydrogen-bond acceptors (Lipinski definition) is 6. The molecule has 1 fully saturated rings. The van der Waals surface area contributed by atoms with E-state index in [1.54, 1.807) is 18.3 Å². The summed E-state index contributed by atoms with van der Waals surface area (Å²) in [5.41, 5.74) is 4.67. The van der Waals surface area contributed by atoms with E-state index in [0.717, 1.165) is 48.6 Å². The van der Waals surface area contributed by atoms with E-state index in [1.165, 1.54) is 0 Å². The topological polar surface area (TPSA) is 93.9 Å². The van der Waals surface area contributed by atoms with Crippen LogP contribution in [0.4, 0.5) is 23.0 Å². The Hall–Kier alpha value is -3.63. The van der Waals surface area contributed by atoms with Crippen LogP contribution in [0.15, 0.2) is 54.7 Å². The molecule has 1 amide bonds. The smallest absolute Gasteiger partial charge is 0.239 e. The number of hydrogen-bond donors (Lipinski definition) is 2. The lowest BCUT2D eigenvalue weighted by Crippen LogP contribution is -2.18. The van der Waals surface area contributed by atoms with Crippen molar-refractivity contribution in [2.24, 2.45) is 0 Å². The van der Waals surface area contributed by atoms with Crippen molar-refractivity contribution in [3.05, 3.63) is 60.3 Å². The highest BCUT2D eigenvalue weighted by molar-refractivity contribution is 6.29. The fourth-order valence-corrected chi connectivity index (χ4v) is 3.63. The Balaban J connectivity index is 1.52. The lowest BCUT2D eigenvalue weighted by Gasteiger charge is -2.19. The zero-order valence-corrected chi connectivity index (χ0v) is 17.6. The number of amides is 1. The third-order valence-corrected chi connectivity index (χ3v) is 5.30. The molecule has 0 unspecified atom stereocenters. The van der Waals surface area contributed by atoms with Crippen molar-refractivity contribution >= 4 is 40.5 Å². The maximum absolute atomic E-state index is 11.4. The second-order valence-corrected chi connectivity index (χ2v) is 7.45. The molecule has 1 aliphatic rings. The van der Waals surface area contributed by atoms with E-state index in [-0.39, 0.29) is 11.8 Å². The van der Waals surface area contributed by atoms with Crippen LogP contribution in [0.25, 0.3) is 11.3 Å². The van der Waals surface area contributed by atoms with Crippen LogP contribution < -0.4 is 15.5 Å². The van der Waals surface area contributed by atoms with Crippen LogP contribution in [-0.4, -0.2) is 34.8 Å². The summed E-state index contributed by atoms with van der Waals surface area (Å²) in [5.74, 6) is 0.0933. The van der Waals surface area contributed by atoms with Gasteiger partial charge in [-0.25, -0.2) is 9.97 Å². The number of nitrogens with one attached hydrogen (secondary N) is 2. The predicted molar refractivity (Wildman–Crippen MR) is 123 cm³/mol. The average molecular weight is 433 g/mol. The molecule has 31 heavy (non-hydrogen) atoms. The van der Waals surface area contributed by atoms with Gasteiger partial charge in [0.2, 0.25) is 11.9 Å². The Morgan fingerprint density at radius 1 is 1.10 bits per heavy atom. The van der Waals surface area contributed by atoms with E-state index >= 15 is 0 Å². The van der Waals surface area contributed by atoms with E-state index in [9.17, 15) is 10.1 Å². The average Bonchev–Trinajstić information content (AvgIpc) is 3.35. The molecule has 1 aromatic heterocycles. The highest BCUT2D eigenvalue weighted by Crippen LogP contribution is 2.29. The summed E-state index contributed by atoms with van der Waals surface area (Å²) in [6, 6.07) is 17.2. The SMILES string of the molecule is N#Cc1cc(-c2ccnc(Nc3ccc(NC(=O)CCl)cc3)n2)ccc1N1CCCC1. The second-order valence-electron chi connectivity index (χ2n) is 7.19. The number of benzene rings is 2. The van der Waals surface area contributed by atoms with Crippen LogP contribution >= 0.6 is 11.6 Å². The maximum atomic E-state index is 11.4. The molecule has 2 N–H and O–H groups in total. The number of anilines is 4. The van der Waals surface area contributed by atoms with Gasteiger partial charge in [-0.05, 0) is 55.3 Å². The molecule has 0 radical (unpaired) electrons. The molecule has 8 heteroatoms. The summed E-state index contributed by atoms with van der Waals surface area (Å²) >= 11 is 5.51. The molecule has 3 aromatic rings. The highest BCUT2D eigenvalue weighted by Gasteiger charge is 2.16. The molecule has 4 rings (SSSR count). The number of aromatic nitrogens is 2. The number of carbonyl (C=O) groups is 1. The zero-order chi connectivity index (χ0) is 21.6. The van der Waals surface area contributed by atoms with Gasteiger partial charge in [0.05, 0.1) is 16.9 Å². The van der Waals surface area contributed by atoms with Crippen molar-refractivity contribution in [2.75, 3.05) is 34.5 Å². The lowest BCUT2D eigenvalue weighted by atomic mass is 10.1. The molecule has 2 aromatic carbocycles. The van der Waals surface area contributed by atoms with Crippen molar-refractivity contribution in [1.82, 2.24) is 9.97 Å². The summed E-state index contributed by atoms with van der Waals surface area (Å²) < 4.78 is 0. The third kappa shape index (κ3) is 4.93. The van der Waals surface area contributed by atoms with Gasteiger partial charge in [-0.15, -0.1) is 11.6 Å². The molecule has 0 aliphatic carbocycles. The van der Waals surface area contributed by atoms with Crippen LogP contribution in [0, 0.1) is 11.3 Å². The largest absolute Gasteiger partial charge is 0.370 e. The van der Waals surface area contributed by atoms with Gasteiger partial charge in [0.1, 0.15) is 11.9 Å². The Morgan fingerprint density at radius 2 is 1.84 bits per heavy atom. The molecule has 156 valence electrons. The number of rotatable bonds is 6. The summed E-state index contributed by atoms with van der Waals surface area (Å²) in [4.78, 5) is 22.5. The van der Waals surface area contributed by atoms with Crippen LogP contribution in [0.2, 0.25) is 0 Å². The van der Waals surface area contributed by atoms with Crippen molar-refractivity contribution in [1.29, 1.82) is 5.26 Å². The fourth-order valence-electron chi connectivity index (χ4n) is 3.56. The predicted octanol–water partition coefficient (Wildman–Crippen LogP) is 4.54. The van der Waals surface area contributed by atoms with Crippen molar-refractivity contribution in [2.45, 2.75) is 12.8 Å². The first-order valence-corrected chi connectivity index (χ1v) is 10.5. The number of alkyl halides is 1. The normalized spacial score (nSPS) is 13.0. The van der Waals surface area contributed by atoms with Crippen molar-refractivity contribution < 1.29 is 4.79 Å². The van der Waals surface area contributed by atoms with Crippen molar-refractivity contribution in [3.63, 3.8) is 0 Å². The summed E-state index contributed by atoms with van der Waals surface area (Å²) in [7, 11) is 0. The van der Waals surface area contributed by atoms with Gasteiger partial charge in [-0.1, -0.05) is 6.07 Å². The Morgan fingerprint density at radius 3 is 2.55 bits per heavy atom. The summed E-state index contributed by atoms with van der Waals surface area (Å²) in [6.07, 6.45) is 4.00. The van der Waals surface area contributed by atoms with Crippen LogP contribution in [0.5, 0.6) is 0 Å². The van der Waals surface area contributed by atoms with E-state index in [1.807, 2.05) is 36.4 Å². The minimum Gasteiger partial charge on any atom is -0.370 e. The third-order valence-electron chi connectivity index (χ3n) is 5.06. The molecule has 2 heterocycles. The molecule has 0 atom stereocenters. The Kier molecular flexibility index (Phi) is 6.29. The first-order chi connectivity index (χ1) is 15.2. The van der Waals surface area contributed by atoms with Gasteiger partial charge >= 0.3 is 0 Å². The molecular formula is C23H21ClN6O. The number of nitriles is 1. The van der Waals surface area contributed by atoms with E-state index in [0.29, 0.717) is 17.2 Å². The molecule has 7 nitrogen and oxygen atoms in total. The first kappa shape index (κ1) is 20.6. The van der Waals surface area contributed by atoms with Gasteiger partial charge in [0.25, 0.3) is 0 Å². The zero-order valence-electron chi connectivity index (χ0n) is 16.8. The monoisotopic (exact) mass is 432 g/mol. The number of nitrogens with zero attached hydrogens (tertiary/aromatic N) is 4. The van der Waals surface area contributed by atoms with Crippen LogP contribution in [-0.2, 0) is 4.79 Å². The van der Waals surface area contributed by atoms with E-state index in [4.69, 9.17) is 11.6 Å². The van der Waals surface area contributed by atoms with Gasteiger partial charge in [0, 0.05) is 36.2 Å². The highest BCUT2D eigenvalue weighted by atomic mass is 35.5. The molecule has 1 aliphatic heterocycles. The van der Waals surface area contributed by atoms with Gasteiger partial charge in [0.15, 0.2) is 0 Å². The maximum Gasteiger partial charge on any atom is 0.239 e. The minimum atomic E-state index is -0.258. The quantitative estimate of drug-likeness (QED) is 0.555. The van der Waals surface area contributed by atoms with Crippen molar-refractivity contribution in [3.8, 4) is 17.3 Å². The first-order valence-electron chi connectivity index (χ1n) is 10.0. The molecule has 0 saturated carbocycles. The van der Waals surface area contributed by atoms with Gasteiger partial charge in [-0.3, -0.25) is 4.79 Å². The Bertz CT molecular complexity index is 1120. The van der Waals surface area contributed by atoms with Gasteiger partial charge < -0.3 is 15.5 Å². The van der Waals surface area contributed by atoms with E-state index < -0.39 is 0 Å². The second kappa shape index (κ2) is 9.45. The standard InChI is InChI=1S/C23H21ClN6O/c24-14-22(31)27-18-4-6-19(7-5-18)28-23-26-10-9-20(29-23)16-3-8-21(17(13-16)15-25)30-11-1-2-12-30/h3-10,13H,1-2,11-12,14H2,(H,27,31)(H,26,28,29). The lowest BCUT2D eigenvalue weighted by molar-refractivity contribution is -0.113. The molecule has 0 bridgehead atoms. The Labute approximate surface area is 185 Å².